The van der Waals surface area contributed by atoms with Crippen LogP contribution in [-0.4, -0.2) is 23.5 Å². The highest BCUT2D eigenvalue weighted by Crippen LogP contribution is 2.32. The van der Waals surface area contributed by atoms with Crippen molar-refractivity contribution in [1.82, 2.24) is 0 Å². The molecule has 1 aromatic carbocycles. The standard InChI is InChI=1S/C14H19N3O4/c1-21-12-8-10(17(19)20)4-5-11(12)16-13(18)9-14(15)6-2-3-7-14/h4-5,8H,2-3,6-7,9,15H2,1H3,(H,16,18). The van der Waals surface area contributed by atoms with E-state index in [0.717, 1.165) is 25.7 Å². The van der Waals surface area contributed by atoms with E-state index in [9.17, 15) is 14.9 Å². The zero-order valence-electron chi connectivity index (χ0n) is 11.9. The van der Waals surface area contributed by atoms with Gasteiger partial charge in [0.1, 0.15) is 5.75 Å². The average molecular weight is 293 g/mol. The van der Waals surface area contributed by atoms with Crippen LogP contribution in [0.15, 0.2) is 18.2 Å². The maximum absolute atomic E-state index is 12.1. The molecule has 7 heteroatoms. The molecule has 0 spiro atoms. The van der Waals surface area contributed by atoms with Gasteiger partial charge in [-0.3, -0.25) is 14.9 Å². The molecular weight excluding hydrogens is 274 g/mol. The van der Waals surface area contributed by atoms with Gasteiger partial charge in [0.25, 0.3) is 5.69 Å². The Bertz CT molecular complexity index is 553. The number of anilines is 1. The van der Waals surface area contributed by atoms with Gasteiger partial charge in [0.05, 0.1) is 23.8 Å². The molecule has 1 saturated carbocycles. The summed E-state index contributed by atoms with van der Waals surface area (Å²) in [5, 5.41) is 13.4. The lowest BCUT2D eigenvalue weighted by molar-refractivity contribution is -0.384. The molecule has 114 valence electrons. The molecule has 1 amide bonds. The van der Waals surface area contributed by atoms with Crippen molar-refractivity contribution in [2.75, 3.05) is 12.4 Å². The first-order valence-corrected chi connectivity index (χ1v) is 6.85. The van der Waals surface area contributed by atoms with Gasteiger partial charge in [-0.15, -0.1) is 0 Å². The second-order valence-corrected chi connectivity index (χ2v) is 5.44. The van der Waals surface area contributed by atoms with Gasteiger partial charge in [0.2, 0.25) is 5.91 Å². The summed E-state index contributed by atoms with van der Waals surface area (Å²) in [5.74, 6) is 0.0570. The highest BCUT2D eigenvalue weighted by Gasteiger charge is 2.31. The van der Waals surface area contributed by atoms with Crippen LogP contribution < -0.4 is 15.8 Å². The number of rotatable bonds is 5. The Hall–Kier alpha value is -2.15. The number of methoxy groups -OCH3 is 1. The SMILES string of the molecule is COc1cc([N+](=O)[O-])ccc1NC(=O)CC1(N)CCCC1. The molecule has 21 heavy (non-hydrogen) atoms. The molecule has 1 aromatic rings. The van der Waals surface area contributed by atoms with Crippen molar-refractivity contribution in [1.29, 1.82) is 0 Å². The van der Waals surface area contributed by atoms with Crippen LogP contribution in [0.5, 0.6) is 5.75 Å². The zero-order valence-corrected chi connectivity index (χ0v) is 11.9. The van der Waals surface area contributed by atoms with E-state index in [0.29, 0.717) is 5.69 Å². The van der Waals surface area contributed by atoms with Crippen LogP contribution in [0.1, 0.15) is 32.1 Å². The van der Waals surface area contributed by atoms with Crippen LogP contribution in [0.25, 0.3) is 0 Å². The van der Waals surface area contributed by atoms with Crippen molar-refractivity contribution in [3.8, 4) is 5.75 Å². The molecule has 0 aliphatic heterocycles. The fraction of sp³-hybridized carbons (Fsp3) is 0.500. The quantitative estimate of drug-likeness (QED) is 0.639. The summed E-state index contributed by atoms with van der Waals surface area (Å²) < 4.78 is 5.08. The third kappa shape index (κ3) is 3.69. The maximum Gasteiger partial charge on any atom is 0.273 e. The van der Waals surface area contributed by atoms with Gasteiger partial charge >= 0.3 is 0 Å². The summed E-state index contributed by atoms with van der Waals surface area (Å²) in [5.41, 5.74) is 6.06. The van der Waals surface area contributed by atoms with E-state index in [2.05, 4.69) is 5.32 Å². The highest BCUT2D eigenvalue weighted by atomic mass is 16.6. The normalized spacial score (nSPS) is 16.5. The number of amides is 1. The predicted octanol–water partition coefficient (Wildman–Crippen LogP) is 2.20. The molecule has 0 heterocycles. The summed E-state index contributed by atoms with van der Waals surface area (Å²) in [6.07, 6.45) is 4.03. The van der Waals surface area contributed by atoms with Crippen molar-refractivity contribution in [3.63, 3.8) is 0 Å². The molecule has 1 aliphatic carbocycles. The Morgan fingerprint density at radius 1 is 1.48 bits per heavy atom. The molecule has 7 nitrogen and oxygen atoms in total. The minimum atomic E-state index is -0.512. The molecule has 0 radical (unpaired) electrons. The van der Waals surface area contributed by atoms with Crippen molar-refractivity contribution in [2.45, 2.75) is 37.6 Å². The number of ether oxygens (including phenoxy) is 1. The molecule has 0 atom stereocenters. The van der Waals surface area contributed by atoms with Crippen LogP contribution >= 0.6 is 0 Å². The Labute approximate surface area is 122 Å². The third-order valence-corrected chi connectivity index (χ3v) is 3.78. The number of non-ortho nitro benzene ring substituents is 1. The molecule has 0 unspecified atom stereocenters. The molecule has 1 aliphatic rings. The Balaban J connectivity index is 2.08. The van der Waals surface area contributed by atoms with Gasteiger partial charge in [-0.2, -0.15) is 0 Å². The highest BCUT2D eigenvalue weighted by molar-refractivity contribution is 5.93. The van der Waals surface area contributed by atoms with E-state index in [1.807, 2.05) is 0 Å². The van der Waals surface area contributed by atoms with Gasteiger partial charge in [-0.25, -0.2) is 0 Å². The third-order valence-electron chi connectivity index (χ3n) is 3.78. The molecule has 3 N–H and O–H groups in total. The average Bonchev–Trinajstić information content (AvgIpc) is 2.85. The van der Waals surface area contributed by atoms with Gasteiger partial charge in [-0.05, 0) is 18.9 Å². The van der Waals surface area contributed by atoms with E-state index < -0.39 is 10.5 Å². The number of nitro benzene ring substituents is 1. The number of nitro groups is 1. The first-order chi connectivity index (χ1) is 9.93. The predicted molar refractivity (Wildman–Crippen MR) is 78.3 cm³/mol. The number of nitrogens with two attached hydrogens (primary N) is 1. The van der Waals surface area contributed by atoms with Crippen molar-refractivity contribution in [3.05, 3.63) is 28.3 Å². The topological polar surface area (TPSA) is 107 Å². The molecular formula is C14H19N3O4. The largest absolute Gasteiger partial charge is 0.494 e. The summed E-state index contributed by atoms with van der Waals surface area (Å²) in [6, 6.07) is 4.07. The Morgan fingerprint density at radius 3 is 2.71 bits per heavy atom. The lowest BCUT2D eigenvalue weighted by atomic mass is 9.94. The Morgan fingerprint density at radius 2 is 2.14 bits per heavy atom. The summed E-state index contributed by atoms with van der Waals surface area (Å²) >= 11 is 0. The van der Waals surface area contributed by atoms with Gasteiger partial charge in [0, 0.05) is 18.0 Å². The van der Waals surface area contributed by atoms with E-state index in [1.54, 1.807) is 0 Å². The van der Waals surface area contributed by atoms with Crippen LogP contribution in [0.3, 0.4) is 0 Å². The number of benzene rings is 1. The monoisotopic (exact) mass is 293 g/mol. The first-order valence-electron chi connectivity index (χ1n) is 6.85. The van der Waals surface area contributed by atoms with Gasteiger partial charge < -0.3 is 15.8 Å². The van der Waals surface area contributed by atoms with Crippen LogP contribution in [0, 0.1) is 10.1 Å². The molecule has 2 rings (SSSR count). The van der Waals surface area contributed by atoms with Crippen molar-refractivity contribution >= 4 is 17.3 Å². The van der Waals surface area contributed by atoms with E-state index in [4.69, 9.17) is 10.5 Å². The molecule has 0 saturated heterocycles. The number of nitrogens with one attached hydrogen (secondary N) is 1. The molecule has 1 fully saturated rings. The Kier molecular flexibility index (Phi) is 4.42. The molecule has 0 bridgehead atoms. The van der Waals surface area contributed by atoms with Crippen LogP contribution in [0.4, 0.5) is 11.4 Å². The zero-order chi connectivity index (χ0) is 15.5. The fourth-order valence-corrected chi connectivity index (χ4v) is 2.67. The van der Waals surface area contributed by atoms with Gasteiger partial charge in [0.15, 0.2) is 0 Å². The smallest absolute Gasteiger partial charge is 0.273 e. The molecule has 0 aromatic heterocycles. The minimum absolute atomic E-state index is 0.0871. The maximum atomic E-state index is 12.1. The summed E-state index contributed by atoms with van der Waals surface area (Å²) in [4.78, 5) is 22.3. The lowest BCUT2D eigenvalue weighted by Gasteiger charge is -2.22. The first kappa shape index (κ1) is 15.2. The summed E-state index contributed by atoms with van der Waals surface area (Å²) in [6.45, 7) is 0. The fourth-order valence-electron chi connectivity index (χ4n) is 2.67. The number of nitrogens with zero attached hydrogens (tertiary/aromatic N) is 1. The lowest BCUT2D eigenvalue weighted by Crippen LogP contribution is -2.40. The van der Waals surface area contributed by atoms with Crippen molar-refractivity contribution < 1.29 is 14.5 Å². The van der Waals surface area contributed by atoms with E-state index >= 15 is 0 Å². The van der Waals surface area contributed by atoms with Crippen molar-refractivity contribution in [2.24, 2.45) is 5.73 Å². The van der Waals surface area contributed by atoms with E-state index in [-0.39, 0.29) is 23.8 Å². The van der Waals surface area contributed by atoms with Crippen LogP contribution in [0.2, 0.25) is 0 Å². The van der Waals surface area contributed by atoms with E-state index in [1.165, 1.54) is 25.3 Å². The number of carbonyl (C=O) groups is 1. The minimum Gasteiger partial charge on any atom is -0.494 e. The van der Waals surface area contributed by atoms with Gasteiger partial charge in [-0.1, -0.05) is 12.8 Å². The second kappa shape index (κ2) is 6.09. The second-order valence-electron chi connectivity index (χ2n) is 5.44. The number of carbonyl (C=O) groups excluding carboxylic acids is 1. The number of hydrogen-bond donors (Lipinski definition) is 2. The number of hydrogen-bond acceptors (Lipinski definition) is 5. The van der Waals surface area contributed by atoms with Crippen LogP contribution in [-0.2, 0) is 4.79 Å². The summed E-state index contributed by atoms with van der Waals surface area (Å²) in [7, 11) is 1.40.